The van der Waals surface area contributed by atoms with Gasteiger partial charge in [-0.3, -0.25) is 4.90 Å². The van der Waals surface area contributed by atoms with Gasteiger partial charge in [0.2, 0.25) is 0 Å². The smallest absolute Gasteiger partial charge is 0.0247 e. The number of hydrogen-bond donors (Lipinski definition) is 1. The molecule has 0 fully saturated rings. The van der Waals surface area contributed by atoms with E-state index in [1.807, 2.05) is 0 Å². The van der Waals surface area contributed by atoms with E-state index in [0.29, 0.717) is 18.1 Å². The van der Waals surface area contributed by atoms with E-state index in [1.54, 1.807) is 0 Å². The molecule has 0 rings (SSSR count). The van der Waals surface area contributed by atoms with E-state index >= 15 is 0 Å². The molecule has 0 heterocycles. The molecular formula is C15H34N2. The highest BCUT2D eigenvalue weighted by Crippen LogP contribution is 2.16. The number of hydrogen-bond acceptors (Lipinski definition) is 2. The van der Waals surface area contributed by atoms with Gasteiger partial charge in [0.25, 0.3) is 0 Å². The Hall–Kier alpha value is -0.0800. The average molecular weight is 242 g/mol. The van der Waals surface area contributed by atoms with Crippen LogP contribution in [0.1, 0.15) is 73.1 Å². The van der Waals surface area contributed by atoms with Crippen molar-refractivity contribution >= 4 is 0 Å². The molecule has 0 saturated heterocycles. The third kappa shape index (κ3) is 6.42. The number of unbranched alkanes of at least 4 members (excludes halogenated alkanes) is 2. The predicted molar refractivity (Wildman–Crippen MR) is 78.3 cm³/mol. The Bertz CT molecular complexity index is 168. The second kappa shape index (κ2) is 9.90. The van der Waals surface area contributed by atoms with Gasteiger partial charge in [-0.05, 0) is 39.7 Å². The Morgan fingerprint density at radius 2 is 1.65 bits per heavy atom. The van der Waals surface area contributed by atoms with Crippen molar-refractivity contribution in [2.75, 3.05) is 6.54 Å². The van der Waals surface area contributed by atoms with Crippen LogP contribution >= 0.6 is 0 Å². The minimum absolute atomic E-state index is 0.342. The fraction of sp³-hybridized carbons (Fsp3) is 1.00. The monoisotopic (exact) mass is 242 g/mol. The first-order chi connectivity index (χ1) is 8.08. The van der Waals surface area contributed by atoms with Gasteiger partial charge in [-0.25, -0.2) is 0 Å². The lowest BCUT2D eigenvalue weighted by atomic mass is 9.98. The molecule has 104 valence electrons. The standard InChI is InChI=1S/C15H34N2/c1-6-9-10-12-17(13(4)5)15(8-3)14(16)11-7-2/h13-15H,6-12,16H2,1-5H3. The summed E-state index contributed by atoms with van der Waals surface area (Å²) < 4.78 is 0. The van der Waals surface area contributed by atoms with Gasteiger partial charge in [0.1, 0.15) is 0 Å². The molecule has 0 aromatic carbocycles. The third-order valence-corrected chi connectivity index (χ3v) is 3.64. The summed E-state index contributed by atoms with van der Waals surface area (Å²) in [6, 6.07) is 1.51. The van der Waals surface area contributed by atoms with Gasteiger partial charge in [0, 0.05) is 18.1 Å². The van der Waals surface area contributed by atoms with Crippen molar-refractivity contribution < 1.29 is 0 Å². The summed E-state index contributed by atoms with van der Waals surface area (Å²) in [5.74, 6) is 0. The summed E-state index contributed by atoms with van der Waals surface area (Å²) in [4.78, 5) is 2.62. The molecule has 0 saturated carbocycles. The van der Waals surface area contributed by atoms with Crippen LogP contribution in [0.25, 0.3) is 0 Å². The first-order valence-corrected chi connectivity index (χ1v) is 7.59. The number of nitrogens with two attached hydrogens (primary N) is 1. The van der Waals surface area contributed by atoms with Crippen molar-refractivity contribution in [3.8, 4) is 0 Å². The summed E-state index contributed by atoms with van der Waals surface area (Å²) in [5, 5.41) is 0. The van der Waals surface area contributed by atoms with Crippen LogP contribution in [0.15, 0.2) is 0 Å². The highest BCUT2D eigenvalue weighted by Gasteiger charge is 2.24. The molecule has 0 aliphatic carbocycles. The number of rotatable bonds is 10. The van der Waals surface area contributed by atoms with E-state index < -0.39 is 0 Å². The molecule has 17 heavy (non-hydrogen) atoms. The molecule has 2 atom stereocenters. The molecule has 0 aromatic rings. The fourth-order valence-electron chi connectivity index (χ4n) is 2.66. The maximum atomic E-state index is 6.34. The summed E-state index contributed by atoms with van der Waals surface area (Å²) in [6.45, 7) is 12.6. The Labute approximate surface area is 109 Å². The molecule has 0 aromatic heterocycles. The summed E-state index contributed by atoms with van der Waals surface area (Å²) in [5.41, 5.74) is 6.34. The lowest BCUT2D eigenvalue weighted by Gasteiger charge is -2.38. The molecule has 0 bridgehead atoms. The first kappa shape index (κ1) is 16.9. The zero-order chi connectivity index (χ0) is 13.3. The van der Waals surface area contributed by atoms with Crippen molar-refractivity contribution in [2.45, 2.75) is 91.3 Å². The van der Waals surface area contributed by atoms with E-state index in [4.69, 9.17) is 5.73 Å². The van der Waals surface area contributed by atoms with Crippen LogP contribution in [0.4, 0.5) is 0 Å². The van der Waals surface area contributed by atoms with Crippen LogP contribution in [0.3, 0.4) is 0 Å². The quantitative estimate of drug-likeness (QED) is 0.591. The molecule has 2 heteroatoms. The summed E-state index contributed by atoms with van der Waals surface area (Å²) in [7, 11) is 0. The van der Waals surface area contributed by atoms with Gasteiger partial charge in [-0.2, -0.15) is 0 Å². The van der Waals surface area contributed by atoms with Crippen LogP contribution in [0.5, 0.6) is 0 Å². The largest absolute Gasteiger partial charge is 0.326 e. The van der Waals surface area contributed by atoms with E-state index in [2.05, 4.69) is 39.5 Å². The predicted octanol–water partition coefficient (Wildman–Crippen LogP) is 3.79. The molecule has 0 radical (unpaired) electrons. The first-order valence-electron chi connectivity index (χ1n) is 7.59. The molecule has 2 unspecified atom stereocenters. The second-order valence-corrected chi connectivity index (χ2v) is 5.47. The Morgan fingerprint density at radius 3 is 2.06 bits per heavy atom. The van der Waals surface area contributed by atoms with Gasteiger partial charge in [0.15, 0.2) is 0 Å². The Kier molecular flexibility index (Phi) is 9.85. The van der Waals surface area contributed by atoms with Gasteiger partial charge >= 0.3 is 0 Å². The maximum absolute atomic E-state index is 6.34. The second-order valence-electron chi connectivity index (χ2n) is 5.47. The summed E-state index contributed by atoms with van der Waals surface area (Å²) >= 11 is 0. The normalized spacial score (nSPS) is 15.5. The van der Waals surface area contributed by atoms with Crippen LogP contribution in [0, 0.1) is 0 Å². The van der Waals surface area contributed by atoms with Crippen LogP contribution < -0.4 is 5.73 Å². The van der Waals surface area contributed by atoms with Crippen molar-refractivity contribution in [3.05, 3.63) is 0 Å². The van der Waals surface area contributed by atoms with E-state index in [0.717, 1.165) is 6.42 Å². The van der Waals surface area contributed by atoms with Crippen molar-refractivity contribution in [2.24, 2.45) is 5.73 Å². The molecule has 0 aliphatic heterocycles. The highest BCUT2D eigenvalue weighted by molar-refractivity contribution is 4.82. The molecule has 0 amide bonds. The van der Waals surface area contributed by atoms with E-state index in [-0.39, 0.29) is 0 Å². The summed E-state index contributed by atoms with van der Waals surface area (Å²) in [6.07, 6.45) is 7.45. The SMILES string of the molecule is CCCCCN(C(C)C)C(CC)C(N)CCC. The molecule has 2 nitrogen and oxygen atoms in total. The van der Waals surface area contributed by atoms with Crippen molar-refractivity contribution in [1.29, 1.82) is 0 Å². The highest BCUT2D eigenvalue weighted by atomic mass is 15.2. The van der Waals surface area contributed by atoms with Crippen molar-refractivity contribution in [3.63, 3.8) is 0 Å². The van der Waals surface area contributed by atoms with E-state index in [1.165, 1.54) is 38.6 Å². The van der Waals surface area contributed by atoms with E-state index in [9.17, 15) is 0 Å². The average Bonchev–Trinajstić information content (AvgIpc) is 2.28. The maximum Gasteiger partial charge on any atom is 0.0247 e. The minimum atomic E-state index is 0.342. The molecule has 0 spiro atoms. The lowest BCUT2D eigenvalue weighted by molar-refractivity contribution is 0.122. The van der Waals surface area contributed by atoms with Gasteiger partial charge in [-0.15, -0.1) is 0 Å². The zero-order valence-corrected chi connectivity index (χ0v) is 12.7. The topological polar surface area (TPSA) is 29.3 Å². The number of nitrogens with zero attached hydrogens (tertiary/aromatic N) is 1. The third-order valence-electron chi connectivity index (χ3n) is 3.64. The van der Waals surface area contributed by atoms with Crippen molar-refractivity contribution in [1.82, 2.24) is 4.90 Å². The van der Waals surface area contributed by atoms with Gasteiger partial charge in [-0.1, -0.05) is 40.0 Å². The van der Waals surface area contributed by atoms with Crippen LogP contribution in [-0.2, 0) is 0 Å². The molecule has 2 N–H and O–H groups in total. The van der Waals surface area contributed by atoms with Gasteiger partial charge in [0.05, 0.1) is 0 Å². The molecular weight excluding hydrogens is 208 g/mol. The Balaban J connectivity index is 4.40. The molecule has 0 aliphatic rings. The lowest BCUT2D eigenvalue weighted by Crippen LogP contribution is -2.50. The fourth-order valence-corrected chi connectivity index (χ4v) is 2.66. The van der Waals surface area contributed by atoms with Gasteiger partial charge < -0.3 is 5.73 Å². The van der Waals surface area contributed by atoms with Crippen LogP contribution in [-0.4, -0.2) is 29.6 Å². The Morgan fingerprint density at radius 1 is 1.00 bits per heavy atom. The van der Waals surface area contributed by atoms with Crippen LogP contribution in [0.2, 0.25) is 0 Å². The minimum Gasteiger partial charge on any atom is -0.326 e. The zero-order valence-electron chi connectivity index (χ0n) is 12.7.